The van der Waals surface area contributed by atoms with Gasteiger partial charge in [-0.05, 0) is 44.1 Å². The number of rotatable bonds is 6. The van der Waals surface area contributed by atoms with Crippen LogP contribution in [0.15, 0.2) is 0 Å². The fourth-order valence-electron chi connectivity index (χ4n) is 4.32. The van der Waals surface area contributed by atoms with Crippen LogP contribution in [0.4, 0.5) is 0 Å². The maximum absolute atomic E-state index is 10.1. The van der Waals surface area contributed by atoms with Crippen LogP contribution >= 0.6 is 0 Å². The summed E-state index contributed by atoms with van der Waals surface area (Å²) in [5.74, 6) is 2.70. The third kappa shape index (κ3) is 3.73. The smallest absolute Gasteiger partial charge is 0.0900 e. The fraction of sp³-hybridized carbons (Fsp3) is 1.00. The van der Waals surface area contributed by atoms with Crippen LogP contribution in [0.5, 0.6) is 0 Å². The van der Waals surface area contributed by atoms with Gasteiger partial charge in [0.2, 0.25) is 0 Å². The Morgan fingerprint density at radius 1 is 1.15 bits per heavy atom. The Labute approximate surface area is 123 Å². The lowest BCUT2D eigenvalue weighted by Gasteiger charge is -2.33. The first-order valence-electron chi connectivity index (χ1n) is 8.37. The fourth-order valence-corrected chi connectivity index (χ4v) is 4.32. The van der Waals surface area contributed by atoms with Crippen molar-refractivity contribution in [2.24, 2.45) is 17.8 Å². The average Bonchev–Trinajstić information content (AvgIpc) is 3.04. The van der Waals surface area contributed by atoms with E-state index in [1.165, 1.54) is 25.7 Å². The molecule has 1 heterocycles. The van der Waals surface area contributed by atoms with Crippen LogP contribution in [0.25, 0.3) is 0 Å². The highest BCUT2D eigenvalue weighted by Crippen LogP contribution is 2.48. The van der Waals surface area contributed by atoms with Gasteiger partial charge in [-0.1, -0.05) is 6.42 Å². The Balaban J connectivity index is 1.28. The molecular formula is C16H30N2O2. The second kappa shape index (κ2) is 6.73. The topological polar surface area (TPSA) is 35.9 Å². The predicted octanol–water partition coefficient (Wildman–Crippen LogP) is 1.05. The number of likely N-dealkylation sites (N-methyl/N-ethyl adjacent to an activating group) is 1. The minimum absolute atomic E-state index is 0.322. The lowest BCUT2D eigenvalue weighted by molar-refractivity contribution is -0.00742. The van der Waals surface area contributed by atoms with E-state index in [4.69, 9.17) is 4.74 Å². The van der Waals surface area contributed by atoms with Gasteiger partial charge in [0, 0.05) is 39.3 Å². The molecule has 4 atom stereocenters. The Morgan fingerprint density at radius 2 is 1.95 bits per heavy atom. The second-order valence-corrected chi connectivity index (χ2v) is 7.23. The summed E-state index contributed by atoms with van der Waals surface area (Å²) in [5.41, 5.74) is 0. The van der Waals surface area contributed by atoms with E-state index in [1.807, 2.05) is 0 Å². The lowest BCUT2D eigenvalue weighted by atomic mass is 9.90. The summed E-state index contributed by atoms with van der Waals surface area (Å²) >= 11 is 0. The molecule has 2 bridgehead atoms. The van der Waals surface area contributed by atoms with E-state index in [0.717, 1.165) is 57.1 Å². The van der Waals surface area contributed by atoms with Crippen LogP contribution in [0.2, 0.25) is 0 Å². The maximum Gasteiger partial charge on any atom is 0.0900 e. The number of hydrogen-bond donors (Lipinski definition) is 1. The van der Waals surface area contributed by atoms with Crippen molar-refractivity contribution in [2.45, 2.75) is 31.8 Å². The van der Waals surface area contributed by atoms with Crippen LogP contribution in [0, 0.1) is 17.8 Å². The molecule has 3 aliphatic rings. The van der Waals surface area contributed by atoms with E-state index in [-0.39, 0.29) is 6.10 Å². The molecule has 0 spiro atoms. The molecule has 2 saturated carbocycles. The van der Waals surface area contributed by atoms with Gasteiger partial charge in [0.15, 0.2) is 0 Å². The number of fused-ring (bicyclic) bond motifs is 2. The van der Waals surface area contributed by atoms with Crippen molar-refractivity contribution in [1.29, 1.82) is 0 Å². The summed E-state index contributed by atoms with van der Waals surface area (Å²) in [6.07, 6.45) is 5.37. The molecule has 116 valence electrons. The van der Waals surface area contributed by atoms with Crippen LogP contribution in [-0.4, -0.2) is 74.0 Å². The number of ether oxygens (including phenoxy) is 1. The molecule has 1 N–H and O–H groups in total. The first-order chi connectivity index (χ1) is 9.70. The minimum Gasteiger partial charge on any atom is -0.389 e. The molecular weight excluding hydrogens is 252 g/mol. The first kappa shape index (κ1) is 14.8. The van der Waals surface area contributed by atoms with Gasteiger partial charge in [0.25, 0.3) is 0 Å². The Hall–Kier alpha value is -0.160. The molecule has 0 aromatic rings. The number of hydrogen-bond acceptors (Lipinski definition) is 4. The van der Waals surface area contributed by atoms with Crippen LogP contribution in [0.1, 0.15) is 25.7 Å². The summed E-state index contributed by atoms with van der Waals surface area (Å²) < 4.78 is 5.81. The number of β-amino-alcohol motifs (C(OH)–C–C–N with tert-alkyl or cyclic N) is 1. The van der Waals surface area contributed by atoms with Gasteiger partial charge in [-0.25, -0.2) is 0 Å². The zero-order chi connectivity index (χ0) is 13.9. The van der Waals surface area contributed by atoms with E-state index in [0.29, 0.717) is 6.61 Å². The molecule has 0 aromatic heterocycles. The van der Waals surface area contributed by atoms with Gasteiger partial charge >= 0.3 is 0 Å². The van der Waals surface area contributed by atoms with Crippen LogP contribution < -0.4 is 0 Å². The van der Waals surface area contributed by atoms with Gasteiger partial charge in [0.05, 0.1) is 12.7 Å². The molecule has 4 nitrogen and oxygen atoms in total. The van der Waals surface area contributed by atoms with Crippen molar-refractivity contribution in [3.8, 4) is 0 Å². The van der Waals surface area contributed by atoms with Gasteiger partial charge < -0.3 is 14.7 Å². The van der Waals surface area contributed by atoms with Gasteiger partial charge in [0.1, 0.15) is 0 Å². The van der Waals surface area contributed by atoms with Gasteiger partial charge in [-0.3, -0.25) is 4.90 Å². The molecule has 0 aromatic carbocycles. The third-order valence-corrected chi connectivity index (χ3v) is 5.59. The Morgan fingerprint density at radius 3 is 2.60 bits per heavy atom. The summed E-state index contributed by atoms with van der Waals surface area (Å²) in [6.45, 7) is 6.52. The average molecular weight is 282 g/mol. The van der Waals surface area contributed by atoms with E-state index < -0.39 is 0 Å². The zero-order valence-electron chi connectivity index (χ0n) is 12.8. The van der Waals surface area contributed by atoms with Gasteiger partial charge in [-0.15, -0.1) is 0 Å². The quantitative estimate of drug-likeness (QED) is 0.790. The SMILES string of the molecule is CN1CCN(C[C@H](O)COC[C@@H]2C[C@H]3CC[C@H]2C3)CC1. The molecule has 0 amide bonds. The third-order valence-electron chi connectivity index (χ3n) is 5.59. The van der Waals surface area contributed by atoms with Crippen molar-refractivity contribution < 1.29 is 9.84 Å². The molecule has 1 aliphatic heterocycles. The summed E-state index contributed by atoms with van der Waals surface area (Å²) in [6, 6.07) is 0. The largest absolute Gasteiger partial charge is 0.389 e. The number of nitrogens with zero attached hydrogens (tertiary/aromatic N) is 2. The number of aliphatic hydroxyl groups is 1. The highest BCUT2D eigenvalue weighted by molar-refractivity contribution is 4.89. The van der Waals surface area contributed by atoms with E-state index in [9.17, 15) is 5.11 Å². The predicted molar refractivity (Wildman–Crippen MR) is 79.7 cm³/mol. The normalized spacial score (nSPS) is 36.6. The molecule has 2 aliphatic carbocycles. The number of piperazine rings is 1. The van der Waals surface area contributed by atoms with Crippen LogP contribution in [0.3, 0.4) is 0 Å². The van der Waals surface area contributed by atoms with Crippen molar-refractivity contribution in [1.82, 2.24) is 9.80 Å². The molecule has 0 radical (unpaired) electrons. The number of aliphatic hydroxyl groups excluding tert-OH is 1. The monoisotopic (exact) mass is 282 g/mol. The van der Waals surface area contributed by atoms with E-state index in [1.54, 1.807) is 0 Å². The first-order valence-corrected chi connectivity index (χ1v) is 8.37. The van der Waals surface area contributed by atoms with Crippen molar-refractivity contribution in [2.75, 3.05) is 53.0 Å². The molecule has 20 heavy (non-hydrogen) atoms. The summed E-state index contributed by atoms with van der Waals surface area (Å²) in [5, 5.41) is 10.1. The van der Waals surface area contributed by atoms with Crippen molar-refractivity contribution in [3.05, 3.63) is 0 Å². The summed E-state index contributed by atoms with van der Waals surface area (Å²) in [7, 11) is 2.16. The Bertz CT molecular complexity index is 305. The molecule has 3 rings (SSSR count). The highest BCUT2D eigenvalue weighted by Gasteiger charge is 2.39. The van der Waals surface area contributed by atoms with Crippen molar-refractivity contribution in [3.63, 3.8) is 0 Å². The van der Waals surface area contributed by atoms with E-state index in [2.05, 4.69) is 16.8 Å². The second-order valence-electron chi connectivity index (χ2n) is 7.23. The Kier molecular flexibility index (Phi) is 4.97. The molecule has 4 heteroatoms. The summed E-state index contributed by atoms with van der Waals surface area (Å²) in [4.78, 5) is 4.69. The standard InChI is InChI=1S/C16H30N2O2/c1-17-4-6-18(7-5-17)10-16(19)12-20-11-15-9-13-2-3-14(15)8-13/h13-16,19H,2-12H2,1H3/t13-,14-,15-,16-/m0/s1. The maximum atomic E-state index is 10.1. The zero-order valence-corrected chi connectivity index (χ0v) is 12.8. The molecule has 3 fully saturated rings. The lowest BCUT2D eigenvalue weighted by Crippen LogP contribution is -2.47. The minimum atomic E-state index is -0.322. The van der Waals surface area contributed by atoms with Gasteiger partial charge in [-0.2, -0.15) is 0 Å². The van der Waals surface area contributed by atoms with E-state index >= 15 is 0 Å². The molecule has 1 saturated heterocycles. The highest BCUT2D eigenvalue weighted by atomic mass is 16.5. The van der Waals surface area contributed by atoms with Crippen molar-refractivity contribution >= 4 is 0 Å². The molecule has 0 unspecified atom stereocenters. The van der Waals surface area contributed by atoms with Crippen LogP contribution in [-0.2, 0) is 4.74 Å².